The van der Waals surface area contributed by atoms with Gasteiger partial charge in [0.1, 0.15) is 12.4 Å². The van der Waals surface area contributed by atoms with Crippen molar-refractivity contribution >= 4 is 11.6 Å². The van der Waals surface area contributed by atoms with E-state index in [0.717, 1.165) is 37.2 Å². The Balaban J connectivity index is 1.90. The van der Waals surface area contributed by atoms with E-state index in [2.05, 4.69) is 5.32 Å². The van der Waals surface area contributed by atoms with Crippen LogP contribution in [0.3, 0.4) is 0 Å². The van der Waals surface area contributed by atoms with Gasteiger partial charge in [-0.3, -0.25) is 0 Å². The Hall–Kier alpha value is -1.82. The van der Waals surface area contributed by atoms with Gasteiger partial charge >= 0.3 is 0 Å². The molecule has 0 spiro atoms. The van der Waals surface area contributed by atoms with E-state index in [1.54, 1.807) is 6.07 Å². The minimum atomic E-state index is -0.364. The number of rotatable bonds is 12. The van der Waals surface area contributed by atoms with Gasteiger partial charge in [-0.15, -0.1) is 0 Å². The molecule has 4 nitrogen and oxygen atoms in total. The molecule has 6 heteroatoms. The van der Waals surface area contributed by atoms with Crippen LogP contribution < -0.4 is 14.8 Å². The van der Waals surface area contributed by atoms with Gasteiger partial charge in [0.2, 0.25) is 0 Å². The first-order chi connectivity index (χ1) is 13.5. The summed E-state index contributed by atoms with van der Waals surface area (Å²) >= 11 is 6.06. The van der Waals surface area contributed by atoms with E-state index in [-0.39, 0.29) is 18.5 Å². The molecule has 0 atom stereocenters. The molecule has 28 heavy (non-hydrogen) atoms. The number of hydrogen-bond donors (Lipinski definition) is 1. The smallest absolute Gasteiger partial charge is 0.161 e. The summed E-state index contributed by atoms with van der Waals surface area (Å²) in [4.78, 5) is 0. The summed E-state index contributed by atoms with van der Waals surface area (Å²) in [7, 11) is 0. The lowest BCUT2D eigenvalue weighted by Gasteiger charge is -2.14. The first-order valence-electron chi connectivity index (χ1n) is 9.64. The van der Waals surface area contributed by atoms with Gasteiger partial charge in [-0.1, -0.05) is 23.7 Å². The van der Waals surface area contributed by atoms with Gasteiger partial charge in [0.25, 0.3) is 0 Å². The van der Waals surface area contributed by atoms with Crippen molar-refractivity contribution in [2.45, 2.75) is 46.4 Å². The summed E-state index contributed by atoms with van der Waals surface area (Å²) in [5.41, 5.74) is 1.83. The van der Waals surface area contributed by atoms with Crippen molar-refractivity contribution < 1.29 is 18.6 Å². The lowest BCUT2D eigenvalue weighted by atomic mass is 10.2. The molecule has 2 rings (SSSR count). The summed E-state index contributed by atoms with van der Waals surface area (Å²) in [6.45, 7) is 9.17. The molecule has 2 aromatic carbocycles. The quantitative estimate of drug-likeness (QED) is 0.479. The predicted molar refractivity (Wildman–Crippen MR) is 111 cm³/mol. The maximum absolute atomic E-state index is 13.2. The third kappa shape index (κ3) is 7.66. The molecule has 0 bridgehead atoms. The number of nitrogens with one attached hydrogen (secondary N) is 1. The fourth-order valence-corrected chi connectivity index (χ4v) is 2.81. The van der Waals surface area contributed by atoms with Crippen LogP contribution in [-0.4, -0.2) is 25.9 Å². The van der Waals surface area contributed by atoms with Crippen LogP contribution in [0.2, 0.25) is 5.02 Å². The molecule has 0 saturated heterocycles. The van der Waals surface area contributed by atoms with Crippen LogP contribution in [0.5, 0.6) is 11.5 Å². The minimum Gasteiger partial charge on any atom is -0.490 e. The highest BCUT2D eigenvalue weighted by atomic mass is 35.5. The Kier molecular flexibility index (Phi) is 9.55. The second-order valence-electron chi connectivity index (χ2n) is 6.69. The van der Waals surface area contributed by atoms with Crippen LogP contribution in [0.15, 0.2) is 36.4 Å². The van der Waals surface area contributed by atoms with Gasteiger partial charge in [0, 0.05) is 18.7 Å². The van der Waals surface area contributed by atoms with E-state index in [4.69, 9.17) is 25.8 Å². The highest BCUT2D eigenvalue weighted by Crippen LogP contribution is 2.30. The highest BCUT2D eigenvalue weighted by Gasteiger charge is 2.09. The molecular weight excluding hydrogens is 381 g/mol. The van der Waals surface area contributed by atoms with E-state index in [0.29, 0.717) is 23.1 Å². The van der Waals surface area contributed by atoms with Crippen LogP contribution in [0.25, 0.3) is 0 Å². The van der Waals surface area contributed by atoms with E-state index in [1.807, 2.05) is 39.0 Å². The summed E-state index contributed by atoms with van der Waals surface area (Å²) in [6, 6.07) is 10.1. The summed E-state index contributed by atoms with van der Waals surface area (Å²) < 4.78 is 30.3. The number of ether oxygens (including phenoxy) is 3. The zero-order valence-corrected chi connectivity index (χ0v) is 17.5. The summed E-state index contributed by atoms with van der Waals surface area (Å²) in [5.74, 6) is 0.955. The predicted octanol–water partition coefficient (Wildman–Crippen LogP) is 5.36. The second-order valence-corrected chi connectivity index (χ2v) is 7.10. The average Bonchev–Trinajstić information content (AvgIpc) is 2.65. The van der Waals surface area contributed by atoms with Crippen molar-refractivity contribution in [2.24, 2.45) is 0 Å². The van der Waals surface area contributed by atoms with Crippen molar-refractivity contribution in [1.82, 2.24) is 5.32 Å². The molecule has 0 aliphatic carbocycles. The Labute approximate surface area is 171 Å². The van der Waals surface area contributed by atoms with Gasteiger partial charge in [0.15, 0.2) is 11.5 Å². The number of benzene rings is 2. The molecule has 0 aromatic heterocycles. The van der Waals surface area contributed by atoms with Crippen LogP contribution >= 0.6 is 11.6 Å². The fraction of sp³-hybridized carbons (Fsp3) is 0.455. The first-order valence-corrected chi connectivity index (χ1v) is 10.0. The van der Waals surface area contributed by atoms with Crippen molar-refractivity contribution in [3.8, 4) is 11.5 Å². The number of halogens is 2. The van der Waals surface area contributed by atoms with Gasteiger partial charge in [-0.25, -0.2) is 4.39 Å². The summed E-state index contributed by atoms with van der Waals surface area (Å²) in [6.07, 6.45) is 1.24. The maximum Gasteiger partial charge on any atom is 0.161 e. The van der Waals surface area contributed by atoms with Crippen molar-refractivity contribution in [3.05, 3.63) is 58.4 Å². The maximum atomic E-state index is 13.2. The fourth-order valence-electron chi connectivity index (χ4n) is 2.59. The topological polar surface area (TPSA) is 39.7 Å². The largest absolute Gasteiger partial charge is 0.490 e. The molecule has 0 heterocycles. The number of hydrogen-bond acceptors (Lipinski definition) is 4. The molecule has 0 aliphatic rings. The van der Waals surface area contributed by atoms with Gasteiger partial charge in [-0.2, -0.15) is 0 Å². The zero-order chi connectivity index (χ0) is 20.4. The minimum absolute atomic E-state index is 0.243. The average molecular weight is 410 g/mol. The van der Waals surface area contributed by atoms with E-state index in [9.17, 15) is 4.39 Å². The van der Waals surface area contributed by atoms with Gasteiger partial charge < -0.3 is 19.5 Å². The van der Waals surface area contributed by atoms with Crippen LogP contribution in [0.4, 0.5) is 4.39 Å². The summed E-state index contributed by atoms with van der Waals surface area (Å²) in [5, 5.41) is 3.75. The van der Waals surface area contributed by atoms with E-state index >= 15 is 0 Å². The molecule has 0 amide bonds. The van der Waals surface area contributed by atoms with E-state index < -0.39 is 0 Å². The van der Waals surface area contributed by atoms with Gasteiger partial charge in [-0.05, 0) is 63.6 Å². The third-order valence-corrected chi connectivity index (χ3v) is 4.34. The molecule has 0 saturated carbocycles. The Bertz CT molecular complexity index is 740. The molecular formula is C22H29ClFNO3. The third-order valence-electron chi connectivity index (χ3n) is 3.98. The van der Waals surface area contributed by atoms with Crippen LogP contribution in [-0.2, 0) is 17.9 Å². The Morgan fingerprint density at radius 3 is 2.61 bits per heavy atom. The lowest BCUT2D eigenvalue weighted by molar-refractivity contribution is 0.0770. The zero-order valence-electron chi connectivity index (χ0n) is 16.8. The monoisotopic (exact) mass is 409 g/mol. The first kappa shape index (κ1) is 22.5. The van der Waals surface area contributed by atoms with Crippen LogP contribution in [0.1, 0.15) is 38.3 Å². The van der Waals surface area contributed by atoms with E-state index in [1.165, 1.54) is 12.1 Å². The Morgan fingerprint density at radius 1 is 1.07 bits per heavy atom. The molecule has 2 aromatic rings. The second kappa shape index (κ2) is 11.9. The van der Waals surface area contributed by atoms with Crippen LogP contribution in [0, 0.1) is 5.82 Å². The molecule has 0 fully saturated rings. The molecule has 1 N–H and O–H groups in total. The van der Waals surface area contributed by atoms with Crippen molar-refractivity contribution in [1.29, 1.82) is 0 Å². The molecule has 0 unspecified atom stereocenters. The van der Waals surface area contributed by atoms with Crippen molar-refractivity contribution in [2.75, 3.05) is 19.8 Å². The lowest BCUT2D eigenvalue weighted by Crippen LogP contribution is -2.17. The highest BCUT2D eigenvalue weighted by molar-refractivity contribution is 6.31. The molecule has 0 aliphatic heterocycles. The van der Waals surface area contributed by atoms with Crippen molar-refractivity contribution in [3.63, 3.8) is 0 Å². The molecule has 154 valence electrons. The molecule has 0 radical (unpaired) electrons. The van der Waals surface area contributed by atoms with Gasteiger partial charge in [0.05, 0.1) is 17.7 Å². The Morgan fingerprint density at radius 2 is 1.89 bits per heavy atom. The normalized spacial score (nSPS) is 11.1. The standard InChI is InChI=1S/C22H29ClFNO3/c1-4-26-22-12-17(14-25-10-5-11-27-16(2)3)6-9-21(22)28-15-18-7-8-19(24)13-20(18)23/h6-9,12-13,16,25H,4-5,10-11,14-15H2,1-3H3. The SMILES string of the molecule is CCOc1cc(CNCCCOC(C)C)ccc1OCc1ccc(F)cc1Cl.